The van der Waals surface area contributed by atoms with E-state index in [4.69, 9.17) is 4.42 Å². The van der Waals surface area contributed by atoms with Crippen molar-refractivity contribution in [2.24, 2.45) is 0 Å². The van der Waals surface area contributed by atoms with Gasteiger partial charge in [-0.2, -0.15) is 0 Å². The molecule has 0 saturated carbocycles. The van der Waals surface area contributed by atoms with Crippen molar-refractivity contribution >= 4 is 17.0 Å². The van der Waals surface area contributed by atoms with Gasteiger partial charge in [-0.3, -0.25) is 4.79 Å². The molecule has 0 unspecified atom stereocenters. The average molecular weight is 312 g/mol. The maximum absolute atomic E-state index is 12.1. The number of aryl methyl sites for hydroxylation is 2. The minimum Gasteiger partial charge on any atom is -0.436 e. The number of carbonyl (C=O) groups excluding carboxylic acids is 1. The van der Waals surface area contributed by atoms with Crippen molar-refractivity contribution in [1.82, 2.24) is 10.3 Å². The quantitative estimate of drug-likeness (QED) is 0.797. The molecule has 0 fully saturated rings. The van der Waals surface area contributed by atoms with Crippen LogP contribution in [0.1, 0.15) is 21.5 Å². The number of alkyl halides is 1. The Kier molecular flexibility index (Phi) is 4.10. The zero-order valence-electron chi connectivity index (χ0n) is 13.0. The Bertz CT molecular complexity index is 850. The van der Waals surface area contributed by atoms with Crippen LogP contribution >= 0.6 is 0 Å². The Labute approximate surface area is 133 Å². The average Bonchev–Trinajstić information content (AvgIpc) is 2.94. The fourth-order valence-corrected chi connectivity index (χ4v) is 2.55. The lowest BCUT2D eigenvalue weighted by molar-refractivity contribution is 0.0951. The van der Waals surface area contributed by atoms with E-state index in [1.165, 1.54) is 0 Å². The van der Waals surface area contributed by atoms with Gasteiger partial charge >= 0.3 is 0 Å². The zero-order chi connectivity index (χ0) is 16.4. The van der Waals surface area contributed by atoms with Gasteiger partial charge in [-0.25, -0.2) is 9.37 Å². The van der Waals surface area contributed by atoms with Crippen LogP contribution in [0, 0.1) is 13.8 Å². The largest absolute Gasteiger partial charge is 0.436 e. The van der Waals surface area contributed by atoms with Crippen LogP contribution in [0.4, 0.5) is 4.39 Å². The van der Waals surface area contributed by atoms with Crippen molar-refractivity contribution in [3.8, 4) is 11.5 Å². The van der Waals surface area contributed by atoms with E-state index >= 15 is 0 Å². The van der Waals surface area contributed by atoms with Crippen LogP contribution in [0.15, 0.2) is 40.8 Å². The molecule has 4 nitrogen and oxygen atoms in total. The maximum atomic E-state index is 12.1. The van der Waals surface area contributed by atoms with Crippen molar-refractivity contribution in [2.75, 3.05) is 13.2 Å². The van der Waals surface area contributed by atoms with E-state index in [1.54, 1.807) is 18.2 Å². The normalized spacial score (nSPS) is 10.9. The molecule has 1 heterocycles. The van der Waals surface area contributed by atoms with E-state index in [2.05, 4.69) is 16.4 Å². The maximum Gasteiger partial charge on any atom is 0.251 e. The van der Waals surface area contributed by atoms with Gasteiger partial charge in [0.05, 0.1) is 0 Å². The highest BCUT2D eigenvalue weighted by Crippen LogP contribution is 2.26. The molecule has 0 saturated heterocycles. The first kappa shape index (κ1) is 15.2. The summed E-state index contributed by atoms with van der Waals surface area (Å²) in [7, 11) is 0. The van der Waals surface area contributed by atoms with E-state index in [0.717, 1.165) is 16.7 Å². The summed E-state index contributed by atoms with van der Waals surface area (Å²) < 4.78 is 17.9. The van der Waals surface area contributed by atoms with Crippen molar-refractivity contribution in [1.29, 1.82) is 0 Å². The van der Waals surface area contributed by atoms with E-state index in [-0.39, 0.29) is 12.5 Å². The molecule has 3 rings (SSSR count). The molecule has 1 amide bonds. The topological polar surface area (TPSA) is 55.1 Å². The lowest BCUT2D eigenvalue weighted by Gasteiger charge is -2.01. The number of nitrogens with zero attached hydrogens (tertiary/aromatic N) is 1. The molecule has 0 bridgehead atoms. The van der Waals surface area contributed by atoms with E-state index < -0.39 is 6.67 Å². The van der Waals surface area contributed by atoms with Gasteiger partial charge in [-0.15, -0.1) is 0 Å². The van der Waals surface area contributed by atoms with Gasteiger partial charge in [0.15, 0.2) is 5.58 Å². The summed E-state index contributed by atoms with van der Waals surface area (Å²) in [5, 5.41) is 2.49. The molecule has 2 aromatic carbocycles. The fraction of sp³-hybridized carbons (Fsp3) is 0.222. The summed E-state index contributed by atoms with van der Waals surface area (Å²) in [6, 6.07) is 11.1. The van der Waals surface area contributed by atoms with Crippen LogP contribution in [0.3, 0.4) is 0 Å². The fourth-order valence-electron chi connectivity index (χ4n) is 2.55. The van der Waals surface area contributed by atoms with Crippen molar-refractivity contribution in [2.45, 2.75) is 13.8 Å². The number of oxazole rings is 1. The standard InChI is InChI=1S/C18H17FN2O2/c1-11-7-12(2)9-14(8-11)18-21-15-4-3-13(10-16(15)23-18)17(22)20-6-5-19/h3-4,7-10H,5-6H2,1-2H3,(H,20,22). The van der Waals surface area contributed by atoms with Gasteiger partial charge in [0.25, 0.3) is 5.91 Å². The monoisotopic (exact) mass is 312 g/mol. The first-order valence-corrected chi connectivity index (χ1v) is 7.40. The second-order valence-corrected chi connectivity index (χ2v) is 5.52. The number of amides is 1. The highest BCUT2D eigenvalue weighted by Gasteiger charge is 2.12. The predicted molar refractivity (Wildman–Crippen MR) is 87.2 cm³/mol. The molecule has 0 aliphatic carbocycles. The van der Waals surface area contributed by atoms with Gasteiger partial charge < -0.3 is 9.73 Å². The Balaban J connectivity index is 1.97. The molecule has 0 radical (unpaired) electrons. The second kappa shape index (κ2) is 6.20. The Morgan fingerprint density at radius 2 is 1.91 bits per heavy atom. The molecular formula is C18H17FN2O2. The minimum absolute atomic E-state index is 0.00109. The number of rotatable bonds is 4. The third-order valence-electron chi connectivity index (χ3n) is 3.50. The Morgan fingerprint density at radius 1 is 1.17 bits per heavy atom. The molecule has 0 aliphatic rings. The number of benzene rings is 2. The summed E-state index contributed by atoms with van der Waals surface area (Å²) in [5.41, 5.74) is 4.81. The van der Waals surface area contributed by atoms with Crippen LogP contribution in [-0.4, -0.2) is 24.1 Å². The summed E-state index contributed by atoms with van der Waals surface area (Å²) in [4.78, 5) is 16.3. The highest BCUT2D eigenvalue weighted by atomic mass is 19.1. The minimum atomic E-state index is -0.590. The van der Waals surface area contributed by atoms with Crippen LogP contribution in [0.25, 0.3) is 22.6 Å². The first-order chi connectivity index (χ1) is 11.1. The number of halogens is 1. The summed E-state index contributed by atoms with van der Waals surface area (Å²) in [6.07, 6.45) is 0. The van der Waals surface area contributed by atoms with Crippen molar-refractivity contribution in [3.05, 3.63) is 53.1 Å². The van der Waals surface area contributed by atoms with Gasteiger partial charge in [0, 0.05) is 17.7 Å². The third kappa shape index (κ3) is 3.23. The summed E-state index contributed by atoms with van der Waals surface area (Å²) in [6.45, 7) is 3.45. The van der Waals surface area contributed by atoms with Crippen molar-refractivity contribution < 1.29 is 13.6 Å². The zero-order valence-corrected chi connectivity index (χ0v) is 13.0. The summed E-state index contributed by atoms with van der Waals surface area (Å²) in [5.74, 6) is 0.196. The molecule has 23 heavy (non-hydrogen) atoms. The van der Waals surface area contributed by atoms with Gasteiger partial charge in [-0.1, -0.05) is 17.2 Å². The van der Waals surface area contributed by atoms with E-state index in [1.807, 2.05) is 26.0 Å². The van der Waals surface area contributed by atoms with Crippen LogP contribution in [0.2, 0.25) is 0 Å². The first-order valence-electron chi connectivity index (χ1n) is 7.40. The number of carbonyl (C=O) groups is 1. The smallest absolute Gasteiger partial charge is 0.251 e. The number of nitrogens with one attached hydrogen (secondary N) is 1. The Morgan fingerprint density at radius 3 is 2.61 bits per heavy atom. The lowest BCUT2D eigenvalue weighted by Crippen LogP contribution is -2.25. The molecular weight excluding hydrogens is 295 g/mol. The number of hydrogen-bond donors (Lipinski definition) is 1. The number of hydrogen-bond acceptors (Lipinski definition) is 3. The highest BCUT2D eigenvalue weighted by molar-refractivity contribution is 5.97. The molecule has 3 aromatic rings. The van der Waals surface area contributed by atoms with E-state index in [9.17, 15) is 9.18 Å². The number of aromatic nitrogens is 1. The van der Waals surface area contributed by atoms with Gasteiger partial charge in [-0.05, 0) is 44.2 Å². The molecule has 118 valence electrons. The molecule has 0 spiro atoms. The molecule has 1 aromatic heterocycles. The van der Waals surface area contributed by atoms with Gasteiger partial charge in [0.2, 0.25) is 5.89 Å². The van der Waals surface area contributed by atoms with E-state index in [0.29, 0.717) is 22.6 Å². The second-order valence-electron chi connectivity index (χ2n) is 5.52. The van der Waals surface area contributed by atoms with Gasteiger partial charge in [0.1, 0.15) is 12.2 Å². The Hall–Kier alpha value is -2.69. The lowest BCUT2D eigenvalue weighted by atomic mass is 10.1. The third-order valence-corrected chi connectivity index (χ3v) is 3.50. The number of fused-ring (bicyclic) bond motifs is 1. The van der Waals surface area contributed by atoms with Crippen LogP contribution in [0.5, 0.6) is 0 Å². The summed E-state index contributed by atoms with van der Waals surface area (Å²) >= 11 is 0. The van der Waals surface area contributed by atoms with Crippen LogP contribution in [-0.2, 0) is 0 Å². The van der Waals surface area contributed by atoms with Crippen molar-refractivity contribution in [3.63, 3.8) is 0 Å². The SMILES string of the molecule is Cc1cc(C)cc(-c2nc3ccc(C(=O)NCCF)cc3o2)c1. The predicted octanol–water partition coefficient (Wildman–Crippen LogP) is 3.81. The molecule has 1 N–H and O–H groups in total. The molecule has 5 heteroatoms. The molecule has 0 atom stereocenters. The molecule has 0 aliphatic heterocycles. The van der Waals surface area contributed by atoms with Crippen LogP contribution < -0.4 is 5.32 Å².